The Balaban J connectivity index is 2.53. The third kappa shape index (κ3) is 2.58. The topological polar surface area (TPSA) is 64.4 Å². The quantitative estimate of drug-likeness (QED) is 0.523. The average Bonchev–Trinajstić information content (AvgIpc) is 2.44. The number of rotatable bonds is 3. The fraction of sp³-hybridized carbons (Fsp3) is 0.308. The first-order chi connectivity index (χ1) is 9.06. The average molecular weight is 278 g/mol. The molecule has 1 aromatic carbocycles. The molecule has 0 radical (unpaired) electrons. The largest absolute Gasteiger partial charge is 0.486 e. The molecule has 1 atom stereocenters. The van der Waals surface area contributed by atoms with Crippen LogP contribution >= 0.6 is 12.2 Å². The van der Waals surface area contributed by atoms with Crippen LogP contribution in [-0.4, -0.2) is 23.1 Å². The maximum Gasteiger partial charge on any atom is 0.270 e. The standard InChI is InChI=1S/C13H14N2O3S/c1-3-9-7-11(13(19)14-2)10-6-8(15(16)17)4-5-12(10)18-9/h4-7,9H,3H2,1-2H3,(H,14,19). The summed E-state index contributed by atoms with van der Waals surface area (Å²) in [5, 5.41) is 13.8. The summed E-state index contributed by atoms with van der Waals surface area (Å²) < 4.78 is 5.75. The summed E-state index contributed by atoms with van der Waals surface area (Å²) in [5.41, 5.74) is 1.48. The number of non-ortho nitro benzene ring substituents is 1. The third-order valence-electron chi connectivity index (χ3n) is 2.97. The fourth-order valence-electron chi connectivity index (χ4n) is 1.95. The van der Waals surface area contributed by atoms with Gasteiger partial charge in [0.25, 0.3) is 5.69 Å². The second kappa shape index (κ2) is 5.36. The van der Waals surface area contributed by atoms with Gasteiger partial charge in [-0.25, -0.2) is 0 Å². The van der Waals surface area contributed by atoms with E-state index in [4.69, 9.17) is 17.0 Å². The molecule has 0 bridgehead atoms. The van der Waals surface area contributed by atoms with Crippen LogP contribution in [0.4, 0.5) is 5.69 Å². The molecule has 1 aliphatic rings. The van der Waals surface area contributed by atoms with Gasteiger partial charge in [0.15, 0.2) is 0 Å². The third-order valence-corrected chi connectivity index (χ3v) is 3.39. The van der Waals surface area contributed by atoms with Crippen molar-refractivity contribution in [1.29, 1.82) is 0 Å². The Labute approximate surface area is 116 Å². The van der Waals surface area contributed by atoms with Gasteiger partial charge in [-0.1, -0.05) is 19.1 Å². The molecule has 0 aromatic heterocycles. The lowest BCUT2D eigenvalue weighted by Crippen LogP contribution is -2.24. The zero-order valence-corrected chi connectivity index (χ0v) is 11.5. The lowest BCUT2D eigenvalue weighted by Gasteiger charge is -2.24. The molecule has 1 unspecified atom stereocenters. The highest BCUT2D eigenvalue weighted by atomic mass is 32.1. The van der Waals surface area contributed by atoms with Gasteiger partial charge in [-0.3, -0.25) is 10.1 Å². The van der Waals surface area contributed by atoms with Crippen LogP contribution < -0.4 is 10.1 Å². The van der Waals surface area contributed by atoms with Gasteiger partial charge in [0, 0.05) is 30.3 Å². The number of hydrogen-bond donors (Lipinski definition) is 1. The molecule has 0 saturated carbocycles. The SMILES string of the molecule is CCC1C=C(C(=S)NC)c2cc([N+](=O)[O-])ccc2O1. The number of nitro groups is 1. The molecule has 1 heterocycles. The molecule has 5 nitrogen and oxygen atoms in total. The predicted molar refractivity (Wildman–Crippen MR) is 77.4 cm³/mol. The van der Waals surface area contributed by atoms with E-state index in [1.165, 1.54) is 12.1 Å². The molecule has 1 aromatic rings. The fourth-order valence-corrected chi connectivity index (χ4v) is 2.13. The molecule has 0 fully saturated rings. The van der Waals surface area contributed by atoms with E-state index in [1.807, 2.05) is 13.0 Å². The van der Waals surface area contributed by atoms with Crippen LogP contribution in [0.5, 0.6) is 5.75 Å². The highest BCUT2D eigenvalue weighted by molar-refractivity contribution is 7.81. The minimum atomic E-state index is -0.424. The van der Waals surface area contributed by atoms with Crippen LogP contribution in [0.15, 0.2) is 24.3 Å². The van der Waals surface area contributed by atoms with Crippen LogP contribution in [0.25, 0.3) is 5.57 Å². The van der Waals surface area contributed by atoms with Crippen molar-refractivity contribution in [3.63, 3.8) is 0 Å². The number of hydrogen-bond acceptors (Lipinski definition) is 4. The first kappa shape index (κ1) is 13.5. The van der Waals surface area contributed by atoms with Gasteiger partial charge in [0.1, 0.15) is 16.8 Å². The molecule has 1 aliphatic heterocycles. The lowest BCUT2D eigenvalue weighted by molar-refractivity contribution is -0.384. The van der Waals surface area contributed by atoms with Crippen molar-refractivity contribution in [2.45, 2.75) is 19.4 Å². The van der Waals surface area contributed by atoms with Gasteiger partial charge in [0.05, 0.1) is 4.92 Å². The Hall–Kier alpha value is -1.95. The van der Waals surface area contributed by atoms with E-state index >= 15 is 0 Å². The number of benzene rings is 1. The molecule has 0 amide bonds. The Morgan fingerprint density at radius 1 is 1.58 bits per heavy atom. The summed E-state index contributed by atoms with van der Waals surface area (Å²) >= 11 is 5.26. The lowest BCUT2D eigenvalue weighted by atomic mass is 9.98. The van der Waals surface area contributed by atoms with Crippen LogP contribution in [0.3, 0.4) is 0 Å². The Bertz CT molecular complexity index is 569. The molecule has 6 heteroatoms. The first-order valence-electron chi connectivity index (χ1n) is 5.96. The zero-order chi connectivity index (χ0) is 14.0. The second-order valence-corrected chi connectivity index (χ2v) is 4.57. The number of thiocarbonyl (C=S) groups is 1. The van der Waals surface area contributed by atoms with Crippen LogP contribution in [0.2, 0.25) is 0 Å². The maximum atomic E-state index is 10.9. The van der Waals surface area contributed by atoms with E-state index in [9.17, 15) is 10.1 Å². The summed E-state index contributed by atoms with van der Waals surface area (Å²) in [4.78, 5) is 11.0. The Morgan fingerprint density at radius 3 is 2.89 bits per heavy atom. The molecule has 0 saturated heterocycles. The summed E-state index contributed by atoms with van der Waals surface area (Å²) in [6, 6.07) is 4.56. The van der Waals surface area contributed by atoms with Crippen molar-refractivity contribution in [3.8, 4) is 5.75 Å². The first-order valence-corrected chi connectivity index (χ1v) is 6.37. The van der Waals surface area contributed by atoms with Crippen molar-refractivity contribution in [2.24, 2.45) is 0 Å². The number of ether oxygens (including phenoxy) is 1. The molecule has 0 spiro atoms. The smallest absolute Gasteiger partial charge is 0.270 e. The monoisotopic (exact) mass is 278 g/mol. The van der Waals surface area contributed by atoms with Crippen molar-refractivity contribution in [1.82, 2.24) is 5.32 Å². The van der Waals surface area contributed by atoms with Crippen molar-refractivity contribution in [2.75, 3.05) is 7.05 Å². The maximum absolute atomic E-state index is 10.9. The van der Waals surface area contributed by atoms with Crippen LogP contribution in [0, 0.1) is 10.1 Å². The van der Waals surface area contributed by atoms with Gasteiger partial charge in [-0.2, -0.15) is 0 Å². The van der Waals surface area contributed by atoms with Gasteiger partial charge in [-0.05, 0) is 18.6 Å². The Kier molecular flexibility index (Phi) is 3.80. The van der Waals surface area contributed by atoms with E-state index in [0.717, 1.165) is 12.0 Å². The van der Waals surface area contributed by atoms with Crippen molar-refractivity contribution >= 4 is 28.5 Å². The molecule has 1 N–H and O–H groups in total. The van der Waals surface area contributed by atoms with E-state index in [2.05, 4.69) is 5.32 Å². The highest BCUT2D eigenvalue weighted by Crippen LogP contribution is 2.35. The summed E-state index contributed by atoms with van der Waals surface area (Å²) in [6.45, 7) is 2.01. The van der Waals surface area contributed by atoms with Gasteiger partial charge < -0.3 is 10.1 Å². The normalized spacial score (nSPS) is 16.9. The van der Waals surface area contributed by atoms with Crippen molar-refractivity contribution < 1.29 is 9.66 Å². The van der Waals surface area contributed by atoms with E-state index in [-0.39, 0.29) is 11.8 Å². The second-order valence-electron chi connectivity index (χ2n) is 4.16. The van der Waals surface area contributed by atoms with Gasteiger partial charge >= 0.3 is 0 Å². The number of likely N-dealkylation sites (N-methyl/N-ethyl adjacent to an activating group) is 1. The highest BCUT2D eigenvalue weighted by Gasteiger charge is 2.24. The molecular weight excluding hydrogens is 264 g/mol. The molecular formula is C13H14N2O3S. The number of fused-ring (bicyclic) bond motifs is 1. The van der Waals surface area contributed by atoms with E-state index in [1.54, 1.807) is 13.1 Å². The van der Waals surface area contributed by atoms with Gasteiger partial charge in [-0.15, -0.1) is 0 Å². The molecule has 0 aliphatic carbocycles. The van der Waals surface area contributed by atoms with E-state index in [0.29, 0.717) is 16.3 Å². The van der Waals surface area contributed by atoms with Gasteiger partial charge in [0.2, 0.25) is 0 Å². The van der Waals surface area contributed by atoms with Crippen LogP contribution in [0.1, 0.15) is 18.9 Å². The molecule has 19 heavy (non-hydrogen) atoms. The number of nitro benzene ring substituents is 1. The minimum absolute atomic E-state index is 0.0297. The predicted octanol–water partition coefficient (Wildman–Crippen LogP) is 2.70. The summed E-state index contributed by atoms with van der Waals surface area (Å²) in [7, 11) is 1.73. The molecule has 100 valence electrons. The summed E-state index contributed by atoms with van der Waals surface area (Å²) in [6.07, 6.45) is 2.66. The van der Waals surface area contributed by atoms with Crippen molar-refractivity contribution in [3.05, 3.63) is 40.0 Å². The minimum Gasteiger partial charge on any atom is -0.486 e. The zero-order valence-electron chi connectivity index (χ0n) is 10.7. The van der Waals surface area contributed by atoms with Crippen LogP contribution in [-0.2, 0) is 0 Å². The Morgan fingerprint density at radius 2 is 2.32 bits per heavy atom. The molecule has 2 rings (SSSR count). The number of nitrogens with zero attached hydrogens (tertiary/aromatic N) is 1. The van der Waals surface area contributed by atoms with E-state index < -0.39 is 4.92 Å². The summed E-state index contributed by atoms with van der Waals surface area (Å²) in [5.74, 6) is 0.632. The number of nitrogens with one attached hydrogen (secondary N) is 1.